The Morgan fingerprint density at radius 3 is 2.82 bits per heavy atom. The van der Waals surface area contributed by atoms with Gasteiger partial charge in [-0.05, 0) is 20.3 Å². The highest BCUT2D eigenvalue weighted by molar-refractivity contribution is 6.21. The minimum atomic E-state index is 0.0987. The number of aromatic nitrogens is 2. The van der Waals surface area contributed by atoms with Gasteiger partial charge in [-0.15, -0.1) is 11.6 Å². The van der Waals surface area contributed by atoms with Crippen LogP contribution in [0.25, 0.3) is 0 Å². The van der Waals surface area contributed by atoms with Crippen LogP contribution >= 0.6 is 11.6 Å². The topological polar surface area (TPSA) is 27.1 Å². The van der Waals surface area contributed by atoms with E-state index < -0.39 is 0 Å². The van der Waals surface area contributed by atoms with E-state index in [4.69, 9.17) is 16.3 Å². The molecule has 1 fully saturated rings. The third-order valence-corrected chi connectivity index (χ3v) is 4.70. The molecule has 0 aliphatic heterocycles. The van der Waals surface area contributed by atoms with Gasteiger partial charge in [0.15, 0.2) is 5.75 Å². The zero-order valence-electron chi connectivity index (χ0n) is 11.0. The average Bonchev–Trinajstić information content (AvgIpc) is 2.76. The Kier molecular flexibility index (Phi) is 3.39. The summed E-state index contributed by atoms with van der Waals surface area (Å²) < 4.78 is 7.90. The van der Waals surface area contributed by atoms with Crippen molar-refractivity contribution in [3.63, 3.8) is 0 Å². The van der Waals surface area contributed by atoms with Crippen molar-refractivity contribution in [2.24, 2.45) is 5.41 Å². The molecule has 3 nitrogen and oxygen atoms in total. The summed E-state index contributed by atoms with van der Waals surface area (Å²) in [5.74, 6) is 0.854. The lowest BCUT2D eigenvalue weighted by Crippen LogP contribution is -2.55. The third kappa shape index (κ3) is 2.17. The maximum absolute atomic E-state index is 6.27. The number of hydrogen-bond donors (Lipinski definition) is 0. The van der Waals surface area contributed by atoms with Gasteiger partial charge in [0.25, 0.3) is 0 Å². The molecule has 1 heterocycles. The SMILES string of the molecule is CCC1(C)C(Cl)CC1Oc1cnn(C(C)C)c1. The molecule has 1 saturated carbocycles. The maximum Gasteiger partial charge on any atom is 0.157 e. The first-order chi connectivity index (χ1) is 7.97. The van der Waals surface area contributed by atoms with E-state index in [2.05, 4.69) is 32.8 Å². The number of hydrogen-bond acceptors (Lipinski definition) is 2. The van der Waals surface area contributed by atoms with Crippen molar-refractivity contribution in [2.75, 3.05) is 0 Å². The van der Waals surface area contributed by atoms with Crippen LogP contribution in [0.15, 0.2) is 12.4 Å². The van der Waals surface area contributed by atoms with Crippen LogP contribution in [-0.2, 0) is 0 Å². The van der Waals surface area contributed by atoms with Crippen LogP contribution in [0.3, 0.4) is 0 Å². The van der Waals surface area contributed by atoms with Crippen LogP contribution in [0.4, 0.5) is 0 Å². The summed E-state index contributed by atoms with van der Waals surface area (Å²) in [4.78, 5) is 0. The molecule has 2 rings (SSSR count). The van der Waals surface area contributed by atoms with Gasteiger partial charge in [-0.25, -0.2) is 0 Å². The highest BCUT2D eigenvalue weighted by atomic mass is 35.5. The molecule has 1 aromatic heterocycles. The second kappa shape index (κ2) is 4.52. The van der Waals surface area contributed by atoms with Gasteiger partial charge >= 0.3 is 0 Å². The van der Waals surface area contributed by atoms with Gasteiger partial charge in [-0.1, -0.05) is 13.8 Å². The molecule has 1 aliphatic rings. The van der Waals surface area contributed by atoms with E-state index in [1.165, 1.54) is 0 Å². The van der Waals surface area contributed by atoms with E-state index >= 15 is 0 Å². The highest BCUT2D eigenvalue weighted by Crippen LogP contribution is 2.49. The largest absolute Gasteiger partial charge is 0.486 e. The normalized spacial score (nSPS) is 32.6. The molecule has 4 heteroatoms. The molecule has 96 valence electrons. The first kappa shape index (κ1) is 12.7. The number of nitrogens with zero attached hydrogens (tertiary/aromatic N) is 2. The molecule has 0 saturated heterocycles. The van der Waals surface area contributed by atoms with Crippen molar-refractivity contribution in [3.05, 3.63) is 12.4 Å². The van der Waals surface area contributed by atoms with Crippen LogP contribution in [-0.4, -0.2) is 21.3 Å². The Labute approximate surface area is 108 Å². The number of halogens is 1. The predicted molar refractivity (Wildman–Crippen MR) is 69.7 cm³/mol. The maximum atomic E-state index is 6.27. The van der Waals surface area contributed by atoms with E-state index in [-0.39, 0.29) is 16.9 Å². The Morgan fingerprint density at radius 2 is 2.35 bits per heavy atom. The third-order valence-electron chi connectivity index (χ3n) is 4.02. The average molecular weight is 257 g/mol. The van der Waals surface area contributed by atoms with Crippen molar-refractivity contribution in [1.82, 2.24) is 9.78 Å². The molecule has 1 aromatic rings. The lowest BCUT2D eigenvalue weighted by molar-refractivity contribution is -0.0295. The van der Waals surface area contributed by atoms with Crippen molar-refractivity contribution in [3.8, 4) is 5.75 Å². The Bertz CT molecular complexity index is 391. The van der Waals surface area contributed by atoms with Crippen LogP contribution in [0.5, 0.6) is 5.75 Å². The van der Waals surface area contributed by atoms with Gasteiger partial charge in [0, 0.05) is 23.3 Å². The standard InChI is InChI=1S/C13H21ClN2O/c1-5-13(4)11(14)6-12(13)17-10-7-15-16(8-10)9(2)3/h7-9,11-12H,5-6H2,1-4H3. The highest BCUT2D eigenvalue weighted by Gasteiger charge is 2.51. The van der Waals surface area contributed by atoms with E-state index in [1.54, 1.807) is 6.20 Å². The summed E-state index contributed by atoms with van der Waals surface area (Å²) in [5, 5.41) is 4.51. The molecule has 3 atom stereocenters. The summed E-state index contributed by atoms with van der Waals surface area (Å²) in [6.07, 6.45) is 5.95. The van der Waals surface area contributed by atoms with E-state index in [0.717, 1.165) is 18.6 Å². The van der Waals surface area contributed by atoms with Crippen LogP contribution in [0.2, 0.25) is 0 Å². The van der Waals surface area contributed by atoms with E-state index in [0.29, 0.717) is 6.04 Å². The Morgan fingerprint density at radius 1 is 1.65 bits per heavy atom. The second-order valence-corrected chi connectivity index (χ2v) is 5.95. The van der Waals surface area contributed by atoms with Gasteiger partial charge in [0.05, 0.1) is 12.4 Å². The molecule has 0 amide bonds. The predicted octanol–water partition coefficient (Wildman–Crippen LogP) is 3.64. The summed E-state index contributed by atoms with van der Waals surface area (Å²) >= 11 is 6.27. The summed E-state index contributed by atoms with van der Waals surface area (Å²) in [5.41, 5.74) is 0.0987. The summed E-state index contributed by atoms with van der Waals surface area (Å²) in [7, 11) is 0. The van der Waals surface area contributed by atoms with Crippen molar-refractivity contribution < 1.29 is 4.74 Å². The van der Waals surface area contributed by atoms with Gasteiger partial charge in [-0.3, -0.25) is 4.68 Å². The summed E-state index contributed by atoms with van der Waals surface area (Å²) in [6.45, 7) is 8.57. The lowest BCUT2D eigenvalue weighted by atomic mass is 9.65. The molecule has 17 heavy (non-hydrogen) atoms. The van der Waals surface area contributed by atoms with Gasteiger partial charge < -0.3 is 4.74 Å². The van der Waals surface area contributed by atoms with Gasteiger partial charge in [-0.2, -0.15) is 5.10 Å². The molecular formula is C13H21ClN2O. The lowest BCUT2D eigenvalue weighted by Gasteiger charge is -2.50. The van der Waals surface area contributed by atoms with E-state index in [1.807, 2.05) is 10.9 Å². The van der Waals surface area contributed by atoms with Crippen molar-refractivity contribution in [2.45, 2.75) is 58.1 Å². The zero-order valence-corrected chi connectivity index (χ0v) is 11.7. The van der Waals surface area contributed by atoms with Crippen molar-refractivity contribution >= 4 is 11.6 Å². The Balaban J connectivity index is 2.02. The monoisotopic (exact) mass is 256 g/mol. The van der Waals surface area contributed by atoms with Crippen LogP contribution in [0.1, 0.15) is 46.6 Å². The molecule has 1 aliphatic carbocycles. The Hall–Kier alpha value is -0.700. The fourth-order valence-electron chi connectivity index (χ4n) is 2.23. The minimum Gasteiger partial charge on any atom is -0.486 e. The molecule has 0 aromatic carbocycles. The number of alkyl halides is 1. The molecule has 0 radical (unpaired) electrons. The van der Waals surface area contributed by atoms with Gasteiger partial charge in [0.1, 0.15) is 6.10 Å². The first-order valence-electron chi connectivity index (χ1n) is 6.32. The molecule has 3 unspecified atom stereocenters. The number of ether oxygens (including phenoxy) is 1. The fourth-order valence-corrected chi connectivity index (χ4v) is 2.68. The molecular weight excluding hydrogens is 236 g/mol. The quantitative estimate of drug-likeness (QED) is 0.769. The van der Waals surface area contributed by atoms with Crippen molar-refractivity contribution in [1.29, 1.82) is 0 Å². The zero-order chi connectivity index (χ0) is 12.6. The van der Waals surface area contributed by atoms with Crippen LogP contribution < -0.4 is 4.74 Å². The smallest absolute Gasteiger partial charge is 0.157 e. The number of rotatable bonds is 4. The van der Waals surface area contributed by atoms with Gasteiger partial charge in [0.2, 0.25) is 0 Å². The first-order valence-corrected chi connectivity index (χ1v) is 6.76. The van der Waals surface area contributed by atoms with E-state index in [9.17, 15) is 0 Å². The molecule has 0 bridgehead atoms. The second-order valence-electron chi connectivity index (χ2n) is 5.42. The summed E-state index contributed by atoms with van der Waals surface area (Å²) in [6, 6.07) is 0.368. The fraction of sp³-hybridized carbons (Fsp3) is 0.769. The minimum absolute atomic E-state index is 0.0987. The molecule has 0 spiro atoms. The molecule has 0 N–H and O–H groups in total. The van der Waals surface area contributed by atoms with Crippen LogP contribution in [0, 0.1) is 5.41 Å².